The van der Waals surface area contributed by atoms with Crippen molar-refractivity contribution in [2.45, 2.75) is 24.7 Å². The minimum absolute atomic E-state index is 0.0437. The lowest BCUT2D eigenvalue weighted by Crippen LogP contribution is -2.36. The largest absolute Gasteiger partial charge is 0.357 e. The van der Waals surface area contributed by atoms with Crippen LogP contribution in [0.25, 0.3) is 0 Å². The Kier molecular flexibility index (Phi) is 7.82. The van der Waals surface area contributed by atoms with E-state index in [0.29, 0.717) is 5.75 Å². The zero-order chi connectivity index (χ0) is 19.9. The minimum Gasteiger partial charge on any atom is -0.357 e. The van der Waals surface area contributed by atoms with Gasteiger partial charge in [0.1, 0.15) is 4.32 Å². The van der Waals surface area contributed by atoms with E-state index in [1.165, 1.54) is 24.6 Å². The van der Waals surface area contributed by atoms with Gasteiger partial charge in [0.2, 0.25) is 5.91 Å². The van der Waals surface area contributed by atoms with Crippen LogP contribution in [0.1, 0.15) is 19.8 Å². The minimum atomic E-state index is 0.0437. The standard InChI is InChI=1S/C22H26N2OS3/c1-17-11-13-23(14-12-17)22(26)28-16-21(25)24(18-7-4-3-5-8-18)19-9-6-10-20(15-19)27-2/h3-10,15,17H,11-14,16H2,1-2H3. The number of thioether (sulfide) groups is 2. The quantitative estimate of drug-likeness (QED) is 0.439. The van der Waals surface area contributed by atoms with Crippen LogP contribution in [0.5, 0.6) is 0 Å². The summed E-state index contributed by atoms with van der Waals surface area (Å²) in [7, 11) is 0. The molecular weight excluding hydrogens is 404 g/mol. The Morgan fingerprint density at radius 1 is 1.11 bits per heavy atom. The molecule has 1 heterocycles. The first-order chi connectivity index (χ1) is 13.6. The molecule has 148 valence electrons. The lowest BCUT2D eigenvalue weighted by Gasteiger charge is -2.32. The molecule has 0 unspecified atom stereocenters. The van der Waals surface area contributed by atoms with Gasteiger partial charge in [-0.25, -0.2) is 0 Å². The molecule has 1 aliphatic heterocycles. The topological polar surface area (TPSA) is 23.6 Å². The van der Waals surface area contributed by atoms with Crippen molar-refractivity contribution in [3.8, 4) is 0 Å². The van der Waals surface area contributed by atoms with Crippen LogP contribution in [0.2, 0.25) is 0 Å². The number of nitrogens with zero attached hydrogens (tertiary/aromatic N) is 2. The Bertz CT molecular complexity index is 804. The van der Waals surface area contributed by atoms with Crippen molar-refractivity contribution in [2.24, 2.45) is 5.92 Å². The van der Waals surface area contributed by atoms with E-state index in [1.807, 2.05) is 48.7 Å². The SMILES string of the molecule is CSc1cccc(N(C(=O)CSC(=S)N2CCC(C)CC2)c2ccccc2)c1. The highest BCUT2D eigenvalue weighted by atomic mass is 32.2. The van der Waals surface area contributed by atoms with E-state index >= 15 is 0 Å². The van der Waals surface area contributed by atoms with E-state index in [-0.39, 0.29) is 5.91 Å². The molecule has 1 aliphatic rings. The number of carbonyl (C=O) groups is 1. The average molecular weight is 431 g/mol. The Balaban J connectivity index is 1.73. The molecular formula is C22H26N2OS3. The summed E-state index contributed by atoms with van der Waals surface area (Å²) < 4.78 is 0.839. The number of hydrogen-bond acceptors (Lipinski definition) is 4. The third kappa shape index (κ3) is 5.52. The number of rotatable bonds is 5. The second-order valence-electron chi connectivity index (χ2n) is 6.99. The van der Waals surface area contributed by atoms with Crippen molar-refractivity contribution in [2.75, 3.05) is 30.0 Å². The van der Waals surface area contributed by atoms with Gasteiger partial charge in [-0.3, -0.25) is 9.69 Å². The van der Waals surface area contributed by atoms with Crippen LogP contribution >= 0.6 is 35.7 Å². The highest BCUT2D eigenvalue weighted by Gasteiger charge is 2.22. The molecule has 28 heavy (non-hydrogen) atoms. The monoisotopic (exact) mass is 430 g/mol. The van der Waals surface area contributed by atoms with Crippen LogP contribution in [0, 0.1) is 5.92 Å². The molecule has 1 saturated heterocycles. The molecule has 0 atom stereocenters. The van der Waals surface area contributed by atoms with E-state index in [0.717, 1.165) is 39.6 Å². The Morgan fingerprint density at radius 2 is 1.79 bits per heavy atom. The summed E-state index contributed by atoms with van der Waals surface area (Å²) >= 11 is 8.76. The molecule has 0 saturated carbocycles. The Morgan fingerprint density at radius 3 is 2.46 bits per heavy atom. The highest BCUT2D eigenvalue weighted by molar-refractivity contribution is 8.23. The zero-order valence-corrected chi connectivity index (χ0v) is 18.8. The number of thiocarbonyl (C=S) groups is 1. The maximum Gasteiger partial charge on any atom is 0.241 e. The first-order valence-corrected chi connectivity index (χ1v) is 12.1. The maximum absolute atomic E-state index is 13.2. The highest BCUT2D eigenvalue weighted by Crippen LogP contribution is 2.30. The normalized spacial score (nSPS) is 14.7. The van der Waals surface area contributed by atoms with Crippen LogP contribution in [-0.4, -0.2) is 40.2 Å². The van der Waals surface area contributed by atoms with Crippen molar-refractivity contribution < 1.29 is 4.79 Å². The van der Waals surface area contributed by atoms with E-state index in [1.54, 1.807) is 16.7 Å². The third-order valence-corrected chi connectivity index (χ3v) is 7.17. The number of amides is 1. The molecule has 0 aromatic heterocycles. The summed E-state index contributed by atoms with van der Waals surface area (Å²) in [6, 6.07) is 17.9. The lowest BCUT2D eigenvalue weighted by molar-refractivity contribution is -0.115. The van der Waals surface area contributed by atoms with Crippen molar-refractivity contribution in [3.05, 3.63) is 54.6 Å². The van der Waals surface area contributed by atoms with Gasteiger partial charge in [-0.2, -0.15) is 0 Å². The fraction of sp³-hybridized carbons (Fsp3) is 0.364. The van der Waals surface area contributed by atoms with Gasteiger partial charge in [0.15, 0.2) is 0 Å². The second kappa shape index (κ2) is 10.3. The van der Waals surface area contributed by atoms with Gasteiger partial charge < -0.3 is 4.90 Å². The Labute approximate surface area is 181 Å². The number of anilines is 2. The van der Waals surface area contributed by atoms with Crippen LogP contribution in [0.15, 0.2) is 59.5 Å². The van der Waals surface area contributed by atoms with Crippen molar-refractivity contribution in [1.82, 2.24) is 4.90 Å². The van der Waals surface area contributed by atoms with Gasteiger partial charge in [-0.05, 0) is 55.3 Å². The molecule has 6 heteroatoms. The molecule has 0 aliphatic carbocycles. The van der Waals surface area contributed by atoms with Gasteiger partial charge in [0.05, 0.1) is 11.4 Å². The number of para-hydroxylation sites is 1. The molecule has 3 nitrogen and oxygen atoms in total. The van der Waals surface area contributed by atoms with Gasteiger partial charge in [-0.1, -0.05) is 55.2 Å². The molecule has 1 amide bonds. The number of piperidine rings is 1. The van der Waals surface area contributed by atoms with E-state index < -0.39 is 0 Å². The van der Waals surface area contributed by atoms with Crippen molar-refractivity contribution >= 4 is 57.3 Å². The summed E-state index contributed by atoms with van der Waals surface area (Å²) in [5.74, 6) is 1.15. The van der Waals surface area contributed by atoms with Gasteiger partial charge in [0, 0.05) is 23.7 Å². The van der Waals surface area contributed by atoms with E-state index in [4.69, 9.17) is 12.2 Å². The average Bonchev–Trinajstić information content (AvgIpc) is 2.73. The van der Waals surface area contributed by atoms with Crippen LogP contribution in [0.3, 0.4) is 0 Å². The molecule has 0 bridgehead atoms. The Hall–Kier alpha value is -1.50. The predicted molar refractivity (Wildman–Crippen MR) is 127 cm³/mol. The predicted octanol–water partition coefficient (Wildman–Crippen LogP) is 5.82. The van der Waals surface area contributed by atoms with Crippen molar-refractivity contribution in [1.29, 1.82) is 0 Å². The number of carbonyl (C=O) groups excluding carboxylic acids is 1. The zero-order valence-electron chi connectivity index (χ0n) is 16.3. The molecule has 2 aromatic rings. The van der Waals surface area contributed by atoms with E-state index in [2.05, 4.69) is 24.0 Å². The number of likely N-dealkylation sites (tertiary alicyclic amines) is 1. The molecule has 3 rings (SSSR count). The van der Waals surface area contributed by atoms with E-state index in [9.17, 15) is 4.79 Å². The molecule has 0 spiro atoms. The van der Waals surface area contributed by atoms with Gasteiger partial charge in [-0.15, -0.1) is 11.8 Å². The second-order valence-corrected chi connectivity index (χ2v) is 9.48. The number of benzene rings is 2. The summed E-state index contributed by atoms with van der Waals surface area (Å²) in [5.41, 5.74) is 1.77. The molecule has 2 aromatic carbocycles. The van der Waals surface area contributed by atoms with Gasteiger partial charge in [0.25, 0.3) is 0 Å². The van der Waals surface area contributed by atoms with Crippen LogP contribution in [0.4, 0.5) is 11.4 Å². The van der Waals surface area contributed by atoms with Crippen LogP contribution < -0.4 is 4.90 Å². The molecule has 0 N–H and O–H groups in total. The summed E-state index contributed by atoms with van der Waals surface area (Å²) in [4.78, 5) is 18.4. The smallest absolute Gasteiger partial charge is 0.241 e. The summed E-state index contributed by atoms with van der Waals surface area (Å²) in [5, 5.41) is 0. The summed E-state index contributed by atoms with van der Waals surface area (Å²) in [6.45, 7) is 4.29. The first kappa shape index (κ1) is 21.2. The van der Waals surface area contributed by atoms with Crippen LogP contribution in [-0.2, 0) is 4.79 Å². The van der Waals surface area contributed by atoms with Crippen molar-refractivity contribution in [3.63, 3.8) is 0 Å². The first-order valence-electron chi connectivity index (χ1n) is 9.52. The summed E-state index contributed by atoms with van der Waals surface area (Å²) in [6.07, 6.45) is 4.39. The van der Waals surface area contributed by atoms with Gasteiger partial charge >= 0.3 is 0 Å². The third-order valence-electron chi connectivity index (χ3n) is 4.94. The number of hydrogen-bond donors (Lipinski definition) is 0. The fourth-order valence-corrected chi connectivity index (χ4v) is 4.79. The molecule has 1 fully saturated rings. The maximum atomic E-state index is 13.2. The fourth-order valence-electron chi connectivity index (χ4n) is 3.23. The lowest BCUT2D eigenvalue weighted by atomic mass is 10.00. The molecule has 0 radical (unpaired) electrons.